The molecule has 0 heterocycles. The van der Waals surface area contributed by atoms with Gasteiger partial charge in [-0.1, -0.05) is 46.5 Å². The second-order valence-corrected chi connectivity index (χ2v) is 3.78. The lowest BCUT2D eigenvalue weighted by molar-refractivity contribution is 0.418. The Labute approximate surface area is 77.7 Å². The third-order valence-corrected chi connectivity index (χ3v) is 2.87. The van der Waals surface area contributed by atoms with Crippen molar-refractivity contribution in [2.75, 3.05) is 0 Å². The molecule has 74 valence electrons. The highest BCUT2D eigenvalue weighted by Crippen LogP contribution is 2.16. The Kier molecular flexibility index (Phi) is 7.58. The normalized spacial score (nSPS) is 13.8. The van der Waals surface area contributed by atoms with Crippen LogP contribution in [0.25, 0.3) is 0 Å². The van der Waals surface area contributed by atoms with Crippen LogP contribution in [0.4, 0.5) is 0 Å². The number of hydrogen-bond acceptors (Lipinski definition) is 1. The molecular weight excluding hydrogens is 146 g/mol. The molecule has 0 radical (unpaired) electrons. The average molecular weight is 171 g/mol. The third kappa shape index (κ3) is 5.59. The molecule has 0 amide bonds. The van der Waals surface area contributed by atoms with E-state index in [-0.39, 0.29) is 0 Å². The molecule has 0 aromatic rings. The summed E-state index contributed by atoms with van der Waals surface area (Å²) in [4.78, 5) is 0. The Morgan fingerprint density at radius 1 is 0.917 bits per heavy atom. The summed E-state index contributed by atoms with van der Waals surface area (Å²) in [6, 6.07) is 0.444. The summed E-state index contributed by atoms with van der Waals surface area (Å²) in [6.07, 6.45) is 7.70. The van der Waals surface area contributed by atoms with Gasteiger partial charge in [0.2, 0.25) is 0 Å². The van der Waals surface area contributed by atoms with Crippen molar-refractivity contribution >= 4 is 0 Å². The summed E-state index contributed by atoms with van der Waals surface area (Å²) in [5, 5.41) is 0. The first-order valence-corrected chi connectivity index (χ1v) is 5.50. The van der Waals surface area contributed by atoms with Crippen LogP contribution < -0.4 is 5.73 Å². The molecule has 1 unspecified atom stereocenters. The predicted octanol–water partition coefficient (Wildman–Crippen LogP) is 3.33. The van der Waals surface area contributed by atoms with Crippen LogP contribution in [0.3, 0.4) is 0 Å². The van der Waals surface area contributed by atoms with E-state index in [0.29, 0.717) is 6.04 Å². The summed E-state index contributed by atoms with van der Waals surface area (Å²) in [5.74, 6) is 0.939. The molecule has 1 heteroatoms. The van der Waals surface area contributed by atoms with E-state index in [1.165, 1.54) is 32.1 Å². The van der Waals surface area contributed by atoms with Crippen molar-refractivity contribution in [3.63, 3.8) is 0 Å². The average Bonchev–Trinajstić information content (AvgIpc) is 2.12. The third-order valence-electron chi connectivity index (χ3n) is 2.87. The van der Waals surface area contributed by atoms with E-state index in [2.05, 4.69) is 20.8 Å². The Balaban J connectivity index is 3.28. The van der Waals surface area contributed by atoms with Crippen LogP contribution in [0.5, 0.6) is 0 Å². The topological polar surface area (TPSA) is 26.0 Å². The van der Waals surface area contributed by atoms with Crippen LogP contribution in [0, 0.1) is 5.92 Å². The molecule has 0 bridgehead atoms. The van der Waals surface area contributed by atoms with Gasteiger partial charge in [-0.2, -0.15) is 0 Å². The van der Waals surface area contributed by atoms with Gasteiger partial charge in [-0.15, -0.1) is 0 Å². The minimum atomic E-state index is 0.444. The van der Waals surface area contributed by atoms with E-state index in [1.807, 2.05) is 0 Å². The molecule has 0 aromatic heterocycles. The molecule has 0 spiro atoms. The summed E-state index contributed by atoms with van der Waals surface area (Å²) in [5.41, 5.74) is 5.84. The SMILES string of the molecule is CCC(N)CCCC(CC)CC. The minimum absolute atomic E-state index is 0.444. The highest BCUT2D eigenvalue weighted by Gasteiger charge is 2.04. The van der Waals surface area contributed by atoms with Crippen molar-refractivity contribution < 1.29 is 0 Å². The summed E-state index contributed by atoms with van der Waals surface area (Å²) in [6.45, 7) is 6.74. The second kappa shape index (κ2) is 7.60. The first-order chi connectivity index (χ1) is 5.74. The Hall–Kier alpha value is -0.0400. The highest BCUT2D eigenvalue weighted by atomic mass is 14.6. The molecule has 12 heavy (non-hydrogen) atoms. The second-order valence-electron chi connectivity index (χ2n) is 3.78. The molecular formula is C11H25N. The van der Waals surface area contributed by atoms with Gasteiger partial charge in [0.1, 0.15) is 0 Å². The molecule has 0 rings (SSSR count). The zero-order chi connectivity index (χ0) is 9.40. The van der Waals surface area contributed by atoms with Crippen LogP contribution in [0.15, 0.2) is 0 Å². The maximum absolute atomic E-state index is 5.84. The summed E-state index contributed by atoms with van der Waals surface area (Å²) < 4.78 is 0. The molecule has 2 N–H and O–H groups in total. The molecule has 0 aliphatic carbocycles. The van der Waals surface area contributed by atoms with Crippen molar-refractivity contribution in [2.24, 2.45) is 11.7 Å². The van der Waals surface area contributed by atoms with Crippen molar-refractivity contribution in [3.05, 3.63) is 0 Å². The fraction of sp³-hybridized carbons (Fsp3) is 1.00. The maximum Gasteiger partial charge on any atom is 0.00362 e. The van der Waals surface area contributed by atoms with E-state index >= 15 is 0 Å². The van der Waals surface area contributed by atoms with Crippen molar-refractivity contribution in [1.82, 2.24) is 0 Å². The van der Waals surface area contributed by atoms with Gasteiger partial charge in [0.15, 0.2) is 0 Å². The van der Waals surface area contributed by atoms with Gasteiger partial charge in [0, 0.05) is 6.04 Å². The Bertz CT molecular complexity index is 87.0. The standard InChI is InChI=1S/C11H25N/c1-4-10(5-2)8-7-9-11(12)6-3/h10-11H,4-9,12H2,1-3H3. The minimum Gasteiger partial charge on any atom is -0.328 e. The van der Waals surface area contributed by atoms with E-state index in [0.717, 1.165) is 12.3 Å². The molecule has 0 aromatic carbocycles. The molecule has 0 saturated carbocycles. The molecule has 1 atom stereocenters. The van der Waals surface area contributed by atoms with Crippen molar-refractivity contribution in [3.8, 4) is 0 Å². The monoisotopic (exact) mass is 171 g/mol. The van der Waals surface area contributed by atoms with Crippen molar-refractivity contribution in [2.45, 2.75) is 65.3 Å². The van der Waals surface area contributed by atoms with Crippen LogP contribution in [0.1, 0.15) is 59.3 Å². The molecule has 1 nitrogen and oxygen atoms in total. The molecule has 0 saturated heterocycles. The van der Waals surface area contributed by atoms with Gasteiger partial charge in [0.25, 0.3) is 0 Å². The zero-order valence-electron chi connectivity index (χ0n) is 8.97. The van der Waals surface area contributed by atoms with E-state index in [1.54, 1.807) is 0 Å². The quantitative estimate of drug-likeness (QED) is 0.624. The van der Waals surface area contributed by atoms with Crippen molar-refractivity contribution in [1.29, 1.82) is 0 Å². The fourth-order valence-electron chi connectivity index (χ4n) is 1.57. The van der Waals surface area contributed by atoms with Crippen LogP contribution in [-0.2, 0) is 0 Å². The predicted molar refractivity (Wildman–Crippen MR) is 56.2 cm³/mol. The van der Waals surface area contributed by atoms with E-state index in [9.17, 15) is 0 Å². The van der Waals surface area contributed by atoms with E-state index in [4.69, 9.17) is 5.73 Å². The Morgan fingerprint density at radius 2 is 1.50 bits per heavy atom. The lowest BCUT2D eigenvalue weighted by Crippen LogP contribution is -2.18. The van der Waals surface area contributed by atoms with Gasteiger partial charge < -0.3 is 5.73 Å². The number of rotatable bonds is 7. The maximum atomic E-state index is 5.84. The molecule has 0 aliphatic heterocycles. The molecule has 0 aliphatic rings. The highest BCUT2D eigenvalue weighted by molar-refractivity contribution is 4.61. The van der Waals surface area contributed by atoms with Crippen LogP contribution >= 0.6 is 0 Å². The van der Waals surface area contributed by atoms with Gasteiger partial charge in [0.05, 0.1) is 0 Å². The lowest BCUT2D eigenvalue weighted by Gasteiger charge is -2.13. The fourth-order valence-corrected chi connectivity index (χ4v) is 1.57. The first kappa shape index (κ1) is 12.0. The summed E-state index contributed by atoms with van der Waals surface area (Å²) in [7, 11) is 0. The van der Waals surface area contributed by atoms with E-state index < -0.39 is 0 Å². The number of nitrogens with two attached hydrogens (primary N) is 1. The van der Waals surface area contributed by atoms with Crippen LogP contribution in [-0.4, -0.2) is 6.04 Å². The number of hydrogen-bond donors (Lipinski definition) is 1. The van der Waals surface area contributed by atoms with Gasteiger partial charge in [-0.05, 0) is 18.8 Å². The first-order valence-electron chi connectivity index (χ1n) is 5.50. The van der Waals surface area contributed by atoms with Gasteiger partial charge >= 0.3 is 0 Å². The molecule has 0 fully saturated rings. The van der Waals surface area contributed by atoms with Gasteiger partial charge in [-0.3, -0.25) is 0 Å². The lowest BCUT2D eigenvalue weighted by atomic mass is 9.95. The van der Waals surface area contributed by atoms with Gasteiger partial charge in [-0.25, -0.2) is 0 Å². The van der Waals surface area contributed by atoms with Crippen LogP contribution in [0.2, 0.25) is 0 Å². The largest absolute Gasteiger partial charge is 0.328 e. The smallest absolute Gasteiger partial charge is 0.00362 e. The summed E-state index contributed by atoms with van der Waals surface area (Å²) >= 11 is 0. The zero-order valence-corrected chi connectivity index (χ0v) is 8.97. The Morgan fingerprint density at radius 3 is 1.92 bits per heavy atom.